The highest BCUT2D eigenvalue weighted by atomic mass is 16.5. The highest BCUT2D eigenvalue weighted by molar-refractivity contribution is 5.77. The SMILES string of the molecule is COCC(CO)NC(=O)CC(C)(C)N. The van der Waals surface area contributed by atoms with E-state index in [0.29, 0.717) is 6.61 Å². The third-order valence-corrected chi connectivity index (χ3v) is 1.57. The Balaban J connectivity index is 3.91. The summed E-state index contributed by atoms with van der Waals surface area (Å²) in [6, 6.07) is -0.352. The van der Waals surface area contributed by atoms with Crippen molar-refractivity contribution in [3.8, 4) is 0 Å². The number of nitrogens with one attached hydrogen (secondary N) is 1. The molecule has 0 saturated heterocycles. The second-order valence-corrected chi connectivity index (χ2v) is 4.07. The van der Waals surface area contributed by atoms with Crippen molar-refractivity contribution >= 4 is 5.91 Å². The zero-order chi connectivity index (χ0) is 11.2. The van der Waals surface area contributed by atoms with Crippen LogP contribution >= 0.6 is 0 Å². The van der Waals surface area contributed by atoms with Crippen LogP contribution in [-0.2, 0) is 9.53 Å². The van der Waals surface area contributed by atoms with Gasteiger partial charge in [0.25, 0.3) is 0 Å². The molecular formula is C9H20N2O3. The summed E-state index contributed by atoms with van der Waals surface area (Å²) >= 11 is 0. The molecular weight excluding hydrogens is 184 g/mol. The molecule has 5 nitrogen and oxygen atoms in total. The van der Waals surface area contributed by atoms with Crippen LogP contribution in [0.4, 0.5) is 0 Å². The van der Waals surface area contributed by atoms with Gasteiger partial charge in [0, 0.05) is 19.1 Å². The third kappa shape index (κ3) is 6.82. The lowest BCUT2D eigenvalue weighted by atomic mass is 10.0. The van der Waals surface area contributed by atoms with Crippen LogP contribution in [0.5, 0.6) is 0 Å². The molecule has 0 aromatic rings. The van der Waals surface area contributed by atoms with E-state index in [1.54, 1.807) is 13.8 Å². The summed E-state index contributed by atoms with van der Waals surface area (Å²) in [5.74, 6) is -0.173. The maximum atomic E-state index is 11.3. The van der Waals surface area contributed by atoms with E-state index in [1.165, 1.54) is 7.11 Å². The van der Waals surface area contributed by atoms with Crippen molar-refractivity contribution in [3.63, 3.8) is 0 Å². The Morgan fingerprint density at radius 1 is 1.64 bits per heavy atom. The van der Waals surface area contributed by atoms with Crippen molar-refractivity contribution in [2.45, 2.75) is 31.8 Å². The van der Waals surface area contributed by atoms with E-state index in [9.17, 15) is 4.79 Å². The first-order valence-electron chi connectivity index (χ1n) is 4.57. The van der Waals surface area contributed by atoms with Crippen LogP contribution < -0.4 is 11.1 Å². The van der Waals surface area contributed by atoms with Gasteiger partial charge in [0.2, 0.25) is 5.91 Å². The zero-order valence-electron chi connectivity index (χ0n) is 9.04. The van der Waals surface area contributed by atoms with E-state index >= 15 is 0 Å². The van der Waals surface area contributed by atoms with E-state index in [2.05, 4.69) is 5.32 Å². The minimum absolute atomic E-state index is 0.134. The van der Waals surface area contributed by atoms with Gasteiger partial charge in [-0.2, -0.15) is 0 Å². The molecule has 0 spiro atoms. The minimum Gasteiger partial charge on any atom is -0.394 e. The maximum absolute atomic E-state index is 11.3. The molecule has 0 aliphatic rings. The Hall–Kier alpha value is -0.650. The standard InChI is InChI=1S/C9H20N2O3/c1-9(2,10)4-8(13)11-7(5-12)6-14-3/h7,12H,4-6,10H2,1-3H3,(H,11,13). The average molecular weight is 204 g/mol. The summed E-state index contributed by atoms with van der Waals surface area (Å²) in [6.07, 6.45) is 0.229. The highest BCUT2D eigenvalue weighted by Gasteiger charge is 2.18. The Labute approximate surface area is 84.6 Å². The molecule has 0 saturated carbocycles. The molecule has 14 heavy (non-hydrogen) atoms. The van der Waals surface area contributed by atoms with Crippen molar-refractivity contribution < 1.29 is 14.6 Å². The van der Waals surface area contributed by atoms with Gasteiger partial charge in [-0.25, -0.2) is 0 Å². The fraction of sp³-hybridized carbons (Fsp3) is 0.889. The van der Waals surface area contributed by atoms with Crippen molar-refractivity contribution in [2.24, 2.45) is 5.73 Å². The van der Waals surface area contributed by atoms with Crippen molar-refractivity contribution in [1.29, 1.82) is 0 Å². The number of methoxy groups -OCH3 is 1. The van der Waals surface area contributed by atoms with Gasteiger partial charge in [-0.15, -0.1) is 0 Å². The third-order valence-electron chi connectivity index (χ3n) is 1.57. The predicted molar refractivity (Wildman–Crippen MR) is 53.8 cm³/mol. The molecule has 0 aliphatic heterocycles. The van der Waals surface area contributed by atoms with Crippen LogP contribution in [0.3, 0.4) is 0 Å². The first kappa shape index (κ1) is 13.4. The van der Waals surface area contributed by atoms with E-state index in [0.717, 1.165) is 0 Å². The average Bonchev–Trinajstić information content (AvgIpc) is 2.00. The van der Waals surface area contributed by atoms with Crippen molar-refractivity contribution in [2.75, 3.05) is 20.3 Å². The zero-order valence-corrected chi connectivity index (χ0v) is 9.04. The summed E-state index contributed by atoms with van der Waals surface area (Å²) in [5, 5.41) is 11.5. The van der Waals surface area contributed by atoms with Crippen LogP contribution in [0, 0.1) is 0 Å². The van der Waals surface area contributed by atoms with Gasteiger partial charge >= 0.3 is 0 Å². The predicted octanol–water partition coefficient (Wildman–Crippen LogP) is -0.763. The smallest absolute Gasteiger partial charge is 0.222 e. The lowest BCUT2D eigenvalue weighted by Crippen LogP contribution is -2.45. The van der Waals surface area contributed by atoms with E-state index in [1.807, 2.05) is 0 Å². The number of carbonyl (C=O) groups is 1. The molecule has 5 heteroatoms. The summed E-state index contributed by atoms with van der Waals surface area (Å²) in [7, 11) is 1.52. The number of hydrogen-bond donors (Lipinski definition) is 3. The van der Waals surface area contributed by atoms with Crippen LogP contribution in [-0.4, -0.2) is 42.9 Å². The number of aliphatic hydroxyl groups excluding tert-OH is 1. The van der Waals surface area contributed by atoms with Crippen molar-refractivity contribution in [3.05, 3.63) is 0 Å². The molecule has 1 atom stereocenters. The largest absolute Gasteiger partial charge is 0.394 e. The van der Waals surface area contributed by atoms with Gasteiger partial charge in [0.15, 0.2) is 0 Å². The van der Waals surface area contributed by atoms with Crippen LogP contribution in [0.25, 0.3) is 0 Å². The van der Waals surface area contributed by atoms with Gasteiger partial charge in [-0.3, -0.25) is 4.79 Å². The van der Waals surface area contributed by atoms with Crippen LogP contribution in [0.15, 0.2) is 0 Å². The Morgan fingerprint density at radius 2 is 2.21 bits per heavy atom. The Bertz CT molecular complexity index is 177. The first-order valence-corrected chi connectivity index (χ1v) is 4.57. The Morgan fingerprint density at radius 3 is 2.57 bits per heavy atom. The number of aliphatic hydroxyl groups is 1. The van der Waals surface area contributed by atoms with Gasteiger partial charge in [0.05, 0.1) is 19.3 Å². The number of rotatable bonds is 6. The number of ether oxygens (including phenoxy) is 1. The first-order chi connectivity index (χ1) is 6.39. The number of amides is 1. The fourth-order valence-electron chi connectivity index (χ4n) is 1.03. The maximum Gasteiger partial charge on any atom is 0.222 e. The van der Waals surface area contributed by atoms with Crippen LogP contribution in [0.1, 0.15) is 20.3 Å². The summed E-state index contributed by atoms with van der Waals surface area (Å²) < 4.78 is 4.82. The van der Waals surface area contributed by atoms with Gasteiger partial charge in [0.1, 0.15) is 0 Å². The monoisotopic (exact) mass is 204 g/mol. The molecule has 0 bridgehead atoms. The molecule has 1 amide bonds. The molecule has 0 aromatic carbocycles. The lowest BCUT2D eigenvalue weighted by Gasteiger charge is -2.20. The van der Waals surface area contributed by atoms with Crippen LogP contribution in [0.2, 0.25) is 0 Å². The summed E-state index contributed by atoms with van der Waals surface area (Å²) in [5.41, 5.74) is 5.14. The fourth-order valence-corrected chi connectivity index (χ4v) is 1.03. The normalized spacial score (nSPS) is 13.8. The second kappa shape index (κ2) is 5.95. The van der Waals surface area contributed by atoms with Gasteiger partial charge in [-0.1, -0.05) is 0 Å². The lowest BCUT2D eigenvalue weighted by molar-refractivity contribution is -0.123. The molecule has 1 unspecified atom stereocenters. The number of nitrogens with two attached hydrogens (primary N) is 1. The second-order valence-electron chi connectivity index (χ2n) is 4.07. The highest BCUT2D eigenvalue weighted by Crippen LogP contribution is 2.02. The topological polar surface area (TPSA) is 84.6 Å². The van der Waals surface area contributed by atoms with E-state index < -0.39 is 5.54 Å². The molecule has 0 aliphatic carbocycles. The molecule has 84 valence electrons. The molecule has 0 radical (unpaired) electrons. The number of carbonyl (C=O) groups excluding carboxylic acids is 1. The molecule has 0 aromatic heterocycles. The molecule has 4 N–H and O–H groups in total. The summed E-state index contributed by atoms with van der Waals surface area (Å²) in [4.78, 5) is 11.3. The number of hydrogen-bond acceptors (Lipinski definition) is 4. The quantitative estimate of drug-likeness (QED) is 0.531. The molecule has 0 rings (SSSR count). The van der Waals surface area contributed by atoms with Gasteiger partial charge in [-0.05, 0) is 13.8 Å². The molecule has 0 heterocycles. The molecule has 0 fully saturated rings. The Kier molecular flexibility index (Phi) is 5.68. The van der Waals surface area contributed by atoms with Gasteiger partial charge < -0.3 is 20.9 Å². The minimum atomic E-state index is -0.531. The van der Waals surface area contributed by atoms with Crippen molar-refractivity contribution in [1.82, 2.24) is 5.32 Å². The summed E-state index contributed by atoms with van der Waals surface area (Å²) in [6.45, 7) is 3.71. The van der Waals surface area contributed by atoms with E-state index in [-0.39, 0.29) is 25.0 Å². The van der Waals surface area contributed by atoms with E-state index in [4.69, 9.17) is 15.6 Å².